The topological polar surface area (TPSA) is 75.4 Å². The first-order valence-electron chi connectivity index (χ1n) is 9.94. The number of carbonyl (C=O) groups excluding carboxylic acids is 2. The van der Waals surface area contributed by atoms with Crippen LogP contribution >= 0.6 is 12.4 Å². The van der Waals surface area contributed by atoms with Crippen molar-refractivity contribution < 1.29 is 14.7 Å². The quantitative estimate of drug-likeness (QED) is 0.625. The number of phenolic OH excluding ortho intramolecular Hbond substituents is 1. The Hall–Kier alpha value is -2.86. The summed E-state index contributed by atoms with van der Waals surface area (Å²) >= 11 is 0. The van der Waals surface area contributed by atoms with E-state index in [-0.39, 0.29) is 36.3 Å². The minimum absolute atomic E-state index is 0. The summed E-state index contributed by atoms with van der Waals surface area (Å²) in [4.78, 5) is 32.0. The van der Waals surface area contributed by atoms with Crippen molar-refractivity contribution in [2.45, 2.75) is 33.1 Å². The van der Waals surface area contributed by atoms with Gasteiger partial charge in [-0.1, -0.05) is 24.3 Å². The largest absolute Gasteiger partial charge is 0.505 e. The molecular formula is C23H26ClN3O3. The fourth-order valence-corrected chi connectivity index (χ4v) is 3.85. The van der Waals surface area contributed by atoms with Crippen LogP contribution in [-0.2, 0) is 13.5 Å². The Balaban J connectivity index is 0.00000256. The highest BCUT2D eigenvalue weighted by atomic mass is 35.5. The number of halogens is 1. The van der Waals surface area contributed by atoms with Gasteiger partial charge in [0.05, 0.1) is 5.52 Å². The Morgan fingerprint density at radius 3 is 2.47 bits per heavy atom. The van der Waals surface area contributed by atoms with Gasteiger partial charge in [0, 0.05) is 43.2 Å². The zero-order chi connectivity index (χ0) is 20.7. The molecule has 0 bridgehead atoms. The molecule has 158 valence electrons. The molecule has 7 heteroatoms. The first kappa shape index (κ1) is 21.8. The van der Waals surface area contributed by atoms with Gasteiger partial charge in [-0.05, 0) is 38.3 Å². The summed E-state index contributed by atoms with van der Waals surface area (Å²) < 4.78 is 1.87. The highest BCUT2D eigenvalue weighted by Gasteiger charge is 2.28. The fraction of sp³-hybridized carbons (Fsp3) is 0.348. The SMILES string of the molecule is Cc1ccccc1C(=O)CCc1c(C(=O)N2CCC2)cc2c(nc(C)n2C)c1O.Cl. The number of carbonyl (C=O) groups is 2. The number of aromatic nitrogens is 2. The van der Waals surface area contributed by atoms with Crippen molar-refractivity contribution in [2.75, 3.05) is 13.1 Å². The lowest BCUT2D eigenvalue weighted by molar-refractivity contribution is 0.0649. The lowest BCUT2D eigenvalue weighted by atomic mass is 9.94. The number of rotatable bonds is 5. The molecule has 6 nitrogen and oxygen atoms in total. The second-order valence-corrected chi connectivity index (χ2v) is 7.72. The van der Waals surface area contributed by atoms with Crippen LogP contribution < -0.4 is 0 Å². The molecular weight excluding hydrogens is 402 g/mol. The molecule has 1 aliphatic heterocycles. The third kappa shape index (κ3) is 3.67. The number of Topliss-reactive ketones (excluding diaryl/α,β-unsaturated/α-hetero) is 1. The number of benzene rings is 2. The highest BCUT2D eigenvalue weighted by Crippen LogP contribution is 2.34. The van der Waals surface area contributed by atoms with Crippen LogP contribution in [0.2, 0.25) is 0 Å². The van der Waals surface area contributed by atoms with Gasteiger partial charge in [-0.15, -0.1) is 12.4 Å². The van der Waals surface area contributed by atoms with Gasteiger partial charge in [0.25, 0.3) is 5.91 Å². The molecule has 30 heavy (non-hydrogen) atoms. The molecule has 1 fully saturated rings. The number of ketones is 1. The van der Waals surface area contributed by atoms with Crippen molar-refractivity contribution >= 4 is 35.1 Å². The maximum atomic E-state index is 13.0. The Bertz CT molecular complexity index is 1130. The number of phenols is 1. The number of nitrogens with zero attached hydrogens (tertiary/aromatic N) is 3. The minimum Gasteiger partial charge on any atom is -0.505 e. The van der Waals surface area contributed by atoms with E-state index in [9.17, 15) is 14.7 Å². The second kappa shape index (κ2) is 8.48. The van der Waals surface area contributed by atoms with E-state index in [4.69, 9.17) is 0 Å². The summed E-state index contributed by atoms with van der Waals surface area (Å²) in [5, 5.41) is 11.0. The fourth-order valence-electron chi connectivity index (χ4n) is 3.85. The zero-order valence-electron chi connectivity index (χ0n) is 17.4. The van der Waals surface area contributed by atoms with Crippen LogP contribution in [0.15, 0.2) is 30.3 Å². The van der Waals surface area contributed by atoms with Crippen molar-refractivity contribution in [1.82, 2.24) is 14.5 Å². The van der Waals surface area contributed by atoms with Gasteiger partial charge in [-0.2, -0.15) is 0 Å². The second-order valence-electron chi connectivity index (χ2n) is 7.72. The Labute approximate surface area is 181 Å². The normalized spacial score (nSPS) is 13.1. The van der Waals surface area contributed by atoms with E-state index in [1.165, 1.54) is 0 Å². The van der Waals surface area contributed by atoms with Gasteiger partial charge in [-0.3, -0.25) is 9.59 Å². The molecule has 1 amide bonds. The van der Waals surface area contributed by atoms with Crippen molar-refractivity contribution in [1.29, 1.82) is 0 Å². The van der Waals surface area contributed by atoms with E-state index in [0.29, 0.717) is 28.6 Å². The Kier molecular flexibility index (Phi) is 6.17. The van der Waals surface area contributed by atoms with Gasteiger partial charge in [0.1, 0.15) is 17.1 Å². The summed E-state index contributed by atoms with van der Waals surface area (Å²) in [5.74, 6) is 0.672. The number of likely N-dealkylation sites (tertiary alicyclic amines) is 1. The zero-order valence-corrected chi connectivity index (χ0v) is 18.3. The van der Waals surface area contributed by atoms with Gasteiger partial charge in [0.15, 0.2) is 5.78 Å². The van der Waals surface area contributed by atoms with Crippen molar-refractivity contribution in [3.05, 3.63) is 58.4 Å². The molecule has 3 aromatic rings. The standard InChI is InChI=1S/C23H25N3O3.ClH/c1-14-7-4-5-8-16(14)20(27)10-9-17-18(23(29)26-11-6-12-26)13-19-21(22(17)28)24-15(2)25(19)3;/h4-5,7-8,13,28H,6,9-12H2,1-3H3;1H. The Morgan fingerprint density at radius 1 is 1.13 bits per heavy atom. The average molecular weight is 428 g/mol. The molecule has 0 unspecified atom stereocenters. The third-order valence-corrected chi connectivity index (χ3v) is 5.90. The van der Waals surface area contributed by atoms with E-state index < -0.39 is 0 Å². The first-order chi connectivity index (χ1) is 13.9. The summed E-state index contributed by atoms with van der Waals surface area (Å²) in [6.07, 6.45) is 1.50. The predicted molar refractivity (Wildman–Crippen MR) is 119 cm³/mol. The van der Waals surface area contributed by atoms with Crippen molar-refractivity contribution in [3.63, 3.8) is 0 Å². The van der Waals surface area contributed by atoms with E-state index in [1.54, 1.807) is 4.90 Å². The monoisotopic (exact) mass is 427 g/mol. The van der Waals surface area contributed by atoms with Gasteiger partial charge < -0.3 is 14.6 Å². The van der Waals surface area contributed by atoms with E-state index in [0.717, 1.165) is 36.4 Å². The predicted octanol–water partition coefficient (Wildman–Crippen LogP) is 3.98. The summed E-state index contributed by atoms with van der Waals surface area (Å²) in [7, 11) is 1.86. The van der Waals surface area contributed by atoms with E-state index in [1.807, 2.05) is 55.8 Å². The van der Waals surface area contributed by atoms with Gasteiger partial charge >= 0.3 is 0 Å². The number of aryl methyl sites for hydroxylation is 3. The van der Waals surface area contributed by atoms with Crippen molar-refractivity contribution in [2.24, 2.45) is 7.05 Å². The maximum absolute atomic E-state index is 13.0. The van der Waals surface area contributed by atoms with Gasteiger partial charge in [-0.25, -0.2) is 4.98 Å². The Morgan fingerprint density at radius 2 is 1.83 bits per heavy atom. The molecule has 2 aromatic carbocycles. The number of hydrogen-bond donors (Lipinski definition) is 1. The van der Waals surface area contributed by atoms with Crippen molar-refractivity contribution in [3.8, 4) is 5.75 Å². The molecule has 1 aromatic heterocycles. The van der Waals surface area contributed by atoms with Crippen LogP contribution in [-0.4, -0.2) is 44.3 Å². The molecule has 1 aliphatic rings. The molecule has 0 radical (unpaired) electrons. The molecule has 0 spiro atoms. The van der Waals surface area contributed by atoms with Gasteiger partial charge in [0.2, 0.25) is 0 Å². The molecule has 1 N–H and O–H groups in total. The highest BCUT2D eigenvalue weighted by molar-refractivity contribution is 6.02. The van der Waals surface area contributed by atoms with Crippen LogP contribution in [0.5, 0.6) is 5.75 Å². The van der Waals surface area contributed by atoms with Crippen LogP contribution in [0.1, 0.15) is 50.5 Å². The third-order valence-electron chi connectivity index (χ3n) is 5.90. The minimum atomic E-state index is -0.0920. The smallest absolute Gasteiger partial charge is 0.254 e. The molecule has 0 saturated carbocycles. The number of fused-ring (bicyclic) bond motifs is 1. The summed E-state index contributed by atoms with van der Waals surface area (Å²) in [6, 6.07) is 9.28. The van der Waals surface area contributed by atoms with Crippen LogP contribution in [0.3, 0.4) is 0 Å². The molecule has 2 heterocycles. The van der Waals surface area contributed by atoms with Crippen LogP contribution in [0.4, 0.5) is 0 Å². The number of amides is 1. The maximum Gasteiger partial charge on any atom is 0.254 e. The van der Waals surface area contributed by atoms with E-state index >= 15 is 0 Å². The summed E-state index contributed by atoms with van der Waals surface area (Å²) in [5.41, 5.74) is 3.78. The van der Waals surface area contributed by atoms with E-state index in [2.05, 4.69) is 4.98 Å². The molecule has 0 aliphatic carbocycles. The molecule has 0 atom stereocenters. The number of imidazole rings is 1. The number of hydrogen-bond acceptors (Lipinski definition) is 4. The summed E-state index contributed by atoms with van der Waals surface area (Å²) in [6.45, 7) is 5.22. The average Bonchev–Trinajstić information content (AvgIpc) is 2.94. The molecule has 1 saturated heterocycles. The van der Waals surface area contributed by atoms with Crippen LogP contribution in [0, 0.1) is 13.8 Å². The lowest BCUT2D eigenvalue weighted by Crippen LogP contribution is -2.42. The molecule has 4 rings (SSSR count). The first-order valence-corrected chi connectivity index (χ1v) is 9.94. The van der Waals surface area contributed by atoms with Crippen LogP contribution in [0.25, 0.3) is 11.0 Å². The number of aromatic hydroxyl groups is 1. The lowest BCUT2D eigenvalue weighted by Gasteiger charge is -2.31.